The smallest absolute Gasteiger partial charge is 0.349 e. The van der Waals surface area contributed by atoms with Gasteiger partial charge in [0.15, 0.2) is 6.61 Å². The highest BCUT2D eigenvalue weighted by atomic mass is 16.5. The Hall–Kier alpha value is -2.81. The van der Waals surface area contributed by atoms with Crippen LogP contribution in [0, 0.1) is 29.1 Å². The van der Waals surface area contributed by atoms with Crippen molar-refractivity contribution in [1.29, 1.82) is 5.26 Å². The van der Waals surface area contributed by atoms with Gasteiger partial charge >= 0.3 is 5.97 Å². The summed E-state index contributed by atoms with van der Waals surface area (Å²) in [6.45, 7) is -0.359. The van der Waals surface area contributed by atoms with Gasteiger partial charge in [-0.15, -0.1) is 0 Å². The van der Waals surface area contributed by atoms with E-state index in [2.05, 4.69) is 5.32 Å². The molecule has 152 valence electrons. The lowest BCUT2D eigenvalue weighted by Gasteiger charge is -2.56. The Bertz CT molecular complexity index is 831. The third kappa shape index (κ3) is 4.29. The predicted octanol–water partition coefficient (Wildman–Crippen LogP) is 3.23. The molecule has 1 amide bonds. The summed E-state index contributed by atoms with van der Waals surface area (Å²) in [6.07, 6.45) is 8.46. The second kappa shape index (κ2) is 7.90. The molecular weight excluding hydrogens is 368 g/mol. The molecule has 0 heterocycles. The van der Waals surface area contributed by atoms with Gasteiger partial charge in [-0.1, -0.05) is 12.1 Å². The highest BCUT2D eigenvalue weighted by Gasteiger charge is 2.51. The van der Waals surface area contributed by atoms with Crippen LogP contribution in [-0.4, -0.2) is 31.1 Å². The van der Waals surface area contributed by atoms with E-state index in [9.17, 15) is 14.9 Å². The fourth-order valence-electron chi connectivity index (χ4n) is 5.81. The van der Waals surface area contributed by atoms with Crippen LogP contribution >= 0.6 is 0 Å². The Morgan fingerprint density at radius 2 is 1.72 bits per heavy atom. The molecule has 0 unspecified atom stereocenters. The van der Waals surface area contributed by atoms with E-state index >= 15 is 0 Å². The minimum absolute atomic E-state index is 0.116. The molecule has 4 fully saturated rings. The number of carbonyl (C=O) groups excluding carboxylic acids is 2. The summed E-state index contributed by atoms with van der Waals surface area (Å²) < 4.78 is 10.2. The summed E-state index contributed by atoms with van der Waals surface area (Å²) >= 11 is 0. The number of ether oxygens (including phenoxy) is 2. The molecule has 0 atom stereocenters. The summed E-state index contributed by atoms with van der Waals surface area (Å²) in [4.78, 5) is 24.7. The van der Waals surface area contributed by atoms with Crippen molar-refractivity contribution in [3.8, 4) is 11.8 Å². The van der Waals surface area contributed by atoms with Gasteiger partial charge in [0, 0.05) is 5.54 Å². The number of benzene rings is 1. The largest absolute Gasteiger partial charge is 0.497 e. The molecule has 4 bridgehead atoms. The van der Waals surface area contributed by atoms with Gasteiger partial charge in [-0.25, -0.2) is 4.79 Å². The number of hydrogen-bond acceptors (Lipinski definition) is 5. The van der Waals surface area contributed by atoms with E-state index < -0.39 is 5.97 Å². The van der Waals surface area contributed by atoms with Crippen LogP contribution in [0.4, 0.5) is 0 Å². The molecule has 1 aromatic carbocycles. The zero-order chi connectivity index (χ0) is 20.4. The Morgan fingerprint density at radius 1 is 1.14 bits per heavy atom. The fourth-order valence-corrected chi connectivity index (χ4v) is 5.81. The molecule has 4 aliphatic carbocycles. The first-order chi connectivity index (χ1) is 14.0. The molecule has 0 spiro atoms. The van der Waals surface area contributed by atoms with Crippen molar-refractivity contribution < 1.29 is 19.1 Å². The van der Waals surface area contributed by atoms with Crippen LogP contribution in [0.15, 0.2) is 29.8 Å². The molecule has 0 saturated heterocycles. The topological polar surface area (TPSA) is 88.4 Å². The van der Waals surface area contributed by atoms with Gasteiger partial charge in [0.05, 0.1) is 7.11 Å². The molecule has 5 rings (SSSR count). The van der Waals surface area contributed by atoms with Gasteiger partial charge in [0.1, 0.15) is 17.4 Å². The first kappa shape index (κ1) is 19.5. The third-order valence-corrected chi connectivity index (χ3v) is 6.54. The first-order valence-corrected chi connectivity index (χ1v) is 10.2. The second-order valence-electron chi connectivity index (χ2n) is 8.77. The molecule has 0 radical (unpaired) electrons. The van der Waals surface area contributed by atoms with Gasteiger partial charge < -0.3 is 14.8 Å². The molecule has 6 nitrogen and oxygen atoms in total. The number of carbonyl (C=O) groups is 2. The first-order valence-electron chi connectivity index (χ1n) is 10.2. The quantitative estimate of drug-likeness (QED) is 0.455. The Balaban J connectivity index is 1.33. The van der Waals surface area contributed by atoms with Crippen LogP contribution in [0.5, 0.6) is 5.75 Å². The maximum atomic E-state index is 12.5. The summed E-state index contributed by atoms with van der Waals surface area (Å²) in [7, 11) is 1.57. The van der Waals surface area contributed by atoms with Gasteiger partial charge in [0.25, 0.3) is 5.91 Å². The van der Waals surface area contributed by atoms with Crippen molar-refractivity contribution >= 4 is 18.0 Å². The van der Waals surface area contributed by atoms with E-state index in [0.717, 1.165) is 37.0 Å². The summed E-state index contributed by atoms with van der Waals surface area (Å²) in [5.41, 5.74) is 0.421. The molecule has 4 aliphatic rings. The number of nitrogens with zero attached hydrogens (tertiary/aromatic N) is 1. The highest BCUT2D eigenvalue weighted by Crippen LogP contribution is 2.55. The van der Waals surface area contributed by atoms with Gasteiger partial charge in [-0.2, -0.15) is 5.26 Å². The van der Waals surface area contributed by atoms with Crippen LogP contribution in [0.2, 0.25) is 0 Å². The highest BCUT2D eigenvalue weighted by molar-refractivity contribution is 5.98. The van der Waals surface area contributed by atoms with Gasteiger partial charge in [-0.3, -0.25) is 4.79 Å². The fraction of sp³-hybridized carbons (Fsp3) is 0.522. The molecule has 4 saturated carbocycles. The summed E-state index contributed by atoms with van der Waals surface area (Å²) in [6, 6.07) is 8.81. The molecule has 1 N–H and O–H groups in total. The predicted molar refractivity (Wildman–Crippen MR) is 107 cm³/mol. The van der Waals surface area contributed by atoms with E-state index in [1.165, 1.54) is 25.3 Å². The molecule has 6 heteroatoms. The van der Waals surface area contributed by atoms with Crippen LogP contribution in [0.1, 0.15) is 44.1 Å². The summed E-state index contributed by atoms with van der Waals surface area (Å²) in [5, 5.41) is 12.5. The van der Waals surface area contributed by atoms with Crippen LogP contribution in [0.3, 0.4) is 0 Å². The van der Waals surface area contributed by atoms with E-state index in [1.54, 1.807) is 31.4 Å². The van der Waals surface area contributed by atoms with Crippen LogP contribution < -0.4 is 10.1 Å². The van der Waals surface area contributed by atoms with E-state index in [-0.39, 0.29) is 23.6 Å². The SMILES string of the molecule is COc1ccc(/C=C(\C#N)C(=O)OCC(=O)NC23CC4CC(CC(C4)C2)C3)cc1. The molecule has 29 heavy (non-hydrogen) atoms. The van der Waals surface area contributed by atoms with Gasteiger partial charge in [-0.05, 0) is 80.1 Å². The number of methoxy groups -OCH3 is 1. The van der Waals surface area contributed by atoms with E-state index in [1.807, 2.05) is 6.07 Å². The number of nitrogens with one attached hydrogen (secondary N) is 1. The monoisotopic (exact) mass is 394 g/mol. The average molecular weight is 394 g/mol. The second-order valence-corrected chi connectivity index (χ2v) is 8.77. The summed E-state index contributed by atoms with van der Waals surface area (Å²) in [5.74, 6) is 1.79. The normalized spacial score (nSPS) is 29.8. The maximum Gasteiger partial charge on any atom is 0.349 e. The molecule has 0 aliphatic heterocycles. The Labute approximate surface area is 170 Å². The number of rotatable bonds is 6. The van der Waals surface area contributed by atoms with Crippen molar-refractivity contribution in [3.63, 3.8) is 0 Å². The van der Waals surface area contributed by atoms with Crippen molar-refractivity contribution in [2.45, 2.75) is 44.1 Å². The maximum absolute atomic E-state index is 12.5. The lowest BCUT2D eigenvalue weighted by Crippen LogP contribution is -2.60. The van der Waals surface area contributed by atoms with Crippen LogP contribution in [-0.2, 0) is 14.3 Å². The van der Waals surface area contributed by atoms with Crippen molar-refractivity contribution in [3.05, 3.63) is 35.4 Å². The number of amides is 1. The third-order valence-electron chi connectivity index (χ3n) is 6.54. The Morgan fingerprint density at radius 3 is 2.24 bits per heavy atom. The minimum atomic E-state index is -0.788. The lowest BCUT2D eigenvalue weighted by molar-refractivity contribution is -0.146. The molecular formula is C23H26N2O4. The van der Waals surface area contributed by atoms with Gasteiger partial charge in [0.2, 0.25) is 0 Å². The number of hydrogen-bond donors (Lipinski definition) is 1. The zero-order valence-electron chi connectivity index (χ0n) is 16.6. The molecule has 0 aromatic heterocycles. The standard InChI is InChI=1S/C23H26N2O4/c1-28-20-4-2-15(3-5-20)9-19(13-24)22(27)29-14-21(26)25-23-10-16-6-17(11-23)8-18(7-16)12-23/h2-5,9,16-18H,6-8,10-12,14H2,1H3,(H,25,26)/b19-9+. The number of esters is 1. The lowest BCUT2D eigenvalue weighted by atomic mass is 9.53. The van der Waals surface area contributed by atoms with E-state index in [4.69, 9.17) is 9.47 Å². The average Bonchev–Trinajstić information content (AvgIpc) is 2.69. The van der Waals surface area contributed by atoms with Crippen molar-refractivity contribution in [2.75, 3.05) is 13.7 Å². The van der Waals surface area contributed by atoms with Crippen molar-refractivity contribution in [2.24, 2.45) is 17.8 Å². The van der Waals surface area contributed by atoms with Crippen LogP contribution in [0.25, 0.3) is 6.08 Å². The van der Waals surface area contributed by atoms with E-state index in [0.29, 0.717) is 11.3 Å². The Kier molecular flexibility index (Phi) is 5.31. The zero-order valence-corrected chi connectivity index (χ0v) is 16.6. The number of nitriles is 1. The van der Waals surface area contributed by atoms with Crippen molar-refractivity contribution in [1.82, 2.24) is 5.32 Å². The molecule has 1 aromatic rings. The minimum Gasteiger partial charge on any atom is -0.497 e.